The molecule has 4 amide bonds. The van der Waals surface area contributed by atoms with Gasteiger partial charge in [-0.1, -0.05) is 166 Å². The Kier molecular flexibility index (Phi) is 27.4. The van der Waals surface area contributed by atoms with Crippen LogP contribution >= 0.6 is 0 Å². The highest BCUT2D eigenvalue weighted by Crippen LogP contribution is 2.68. The summed E-state index contributed by atoms with van der Waals surface area (Å²) in [6.07, 6.45) is 29.0. The molecule has 20 atom stereocenters. The van der Waals surface area contributed by atoms with Gasteiger partial charge in [0.1, 0.15) is 77.4 Å². The summed E-state index contributed by atoms with van der Waals surface area (Å²) in [6.45, 7) is 27.8. The molecule has 20 rings (SSSR count). The number of rotatable bonds is 20. The van der Waals surface area contributed by atoms with Crippen molar-refractivity contribution in [2.45, 2.75) is 230 Å². The molecule has 38 nitrogen and oxygen atoms in total. The number of nitrogens with zero attached hydrogens (tertiary/aromatic N) is 16. The number of anilines is 4. The molecule has 7 aliphatic heterocycles. The lowest BCUT2D eigenvalue weighted by Gasteiger charge is -2.38. The third kappa shape index (κ3) is 17.4. The minimum atomic E-state index is -0.947. The zero-order valence-electron chi connectivity index (χ0n) is 78.3. The number of terminal acetylenes is 3. The molecule has 15 heterocycles. The molecule has 6 unspecified atom stereocenters. The number of carbonyl (C=O) groups excluding carboxylic acids is 7. The van der Waals surface area contributed by atoms with Crippen molar-refractivity contribution in [2.24, 2.45) is 29.6 Å². The van der Waals surface area contributed by atoms with E-state index in [4.69, 9.17) is 66.6 Å². The van der Waals surface area contributed by atoms with Crippen LogP contribution in [0.4, 0.5) is 23.3 Å². The van der Waals surface area contributed by atoms with Crippen molar-refractivity contribution in [2.75, 3.05) is 21.3 Å². The maximum Gasteiger partial charge on any atom is 0.305 e. The van der Waals surface area contributed by atoms with Crippen molar-refractivity contribution in [3.63, 3.8) is 0 Å². The number of esters is 3. The van der Waals surface area contributed by atoms with Crippen LogP contribution in [-0.4, -0.2) is 195 Å². The molecule has 8 aliphatic rings. The van der Waals surface area contributed by atoms with Crippen LogP contribution in [0.25, 0.3) is 44.7 Å². The molecule has 8 fully saturated rings. The summed E-state index contributed by atoms with van der Waals surface area (Å²) >= 11 is 0. The molecule has 1 saturated carbocycles. The molecule has 38 heteroatoms. The Morgan fingerprint density at radius 3 is 1.08 bits per heavy atom. The van der Waals surface area contributed by atoms with Gasteiger partial charge in [0.05, 0.1) is 30.9 Å². The molecule has 714 valence electrons. The lowest BCUT2D eigenvalue weighted by molar-refractivity contribution is -0.223. The standard InChI is InChI=1S/C23H23N5O4.C22H23N5O3.2C21H21N5O3.C13H18O5/c1-5-23(6-2)14(3)18(31-15(4)29)22(32-23)28-13-26-17-19(24-12-25-20(17)28)27-21(30)16-10-8-7-9-11-16;1-3-22-13(2)16(29-21(22)9-10-21)20(30-22)27-12-25-15-17(23-11-24-18(15)27)26-19(28)14-7-5-4-6-8-14;1-4-21-12(2)16(28-13(21)3)20(29-21)26-11-24-15-17(22-10-23-18(15)26)25-19(27)14-8-6-5-7-9-14;1-4-21(5-2)13(3)16(27)20(29-21)26-12-24-15-17(22-11-23-18(15)26)25-19(28)14-9-7-6-8-10-14;1-6-13(7-2)8(3)11(16-9(4)14)12(18-13)17-10(5)15/h1,7-14,18,22H,6H2,2-4H3,(H,24,25,27,30);4-8,11-13,16,20H,3,9-10H2,1-2H3,(H,23,24,26,28);5-12,16,20H,3-4H2,1-2H3,(H,22,23,25,27);1,6-13,16,20,27H,5H2,2-3H3,(H,22,23,25,28);1,8,11-12H,7H2,2-5H3/t14?,18-,22+,23+;13?,16-,20+,22+;12?,16-,20+,21+;13?,16-,20+,21+;8?,11-,12?,13+/m00000/s1. The van der Waals surface area contributed by atoms with Gasteiger partial charge in [-0.3, -0.25) is 51.8 Å². The number of aromatic nitrogens is 16. The Morgan fingerprint density at radius 2 is 0.739 bits per heavy atom. The van der Waals surface area contributed by atoms with Crippen LogP contribution in [0.5, 0.6) is 0 Å². The van der Waals surface area contributed by atoms with Crippen LogP contribution in [0.1, 0.15) is 201 Å². The number of amides is 4. The van der Waals surface area contributed by atoms with E-state index in [0.29, 0.717) is 109 Å². The zero-order chi connectivity index (χ0) is 98.1. The normalized spacial score (nSPS) is 28.4. The number of hydrogen-bond acceptors (Lipinski definition) is 30. The first-order chi connectivity index (χ1) is 66.4. The third-order valence-electron chi connectivity index (χ3n) is 27.7. The predicted molar refractivity (Wildman–Crippen MR) is 501 cm³/mol. The minimum Gasteiger partial charge on any atom is -0.487 e. The molecule has 4 aromatic carbocycles. The number of nitrogens with one attached hydrogen (secondary N) is 4. The van der Waals surface area contributed by atoms with Crippen molar-refractivity contribution in [1.29, 1.82) is 0 Å². The van der Waals surface area contributed by atoms with Gasteiger partial charge in [-0.2, -0.15) is 0 Å². The molecule has 7 saturated heterocycles. The number of fused-ring (bicyclic) bond motifs is 9. The molecular formula is C100H106N20O18. The van der Waals surface area contributed by atoms with E-state index in [-0.39, 0.29) is 94.8 Å². The van der Waals surface area contributed by atoms with Gasteiger partial charge in [0.25, 0.3) is 23.6 Å². The van der Waals surface area contributed by atoms with E-state index >= 15 is 0 Å². The van der Waals surface area contributed by atoms with Gasteiger partial charge in [-0.25, -0.2) is 59.8 Å². The lowest BCUT2D eigenvalue weighted by atomic mass is 9.82. The van der Waals surface area contributed by atoms with Crippen LogP contribution < -0.4 is 21.3 Å². The number of imidazole rings is 4. The van der Waals surface area contributed by atoms with Gasteiger partial charge in [-0.15, -0.1) is 19.3 Å². The Balaban J connectivity index is 0.000000126. The Bertz CT molecular complexity index is 6740. The molecule has 138 heavy (non-hydrogen) atoms. The molecule has 0 radical (unpaired) electrons. The van der Waals surface area contributed by atoms with Crippen molar-refractivity contribution in [1.82, 2.24) is 78.1 Å². The second kappa shape index (κ2) is 39.2. The van der Waals surface area contributed by atoms with E-state index < -0.39 is 77.4 Å². The zero-order valence-corrected chi connectivity index (χ0v) is 78.3. The second-order valence-electron chi connectivity index (χ2n) is 34.9. The van der Waals surface area contributed by atoms with Gasteiger partial charge >= 0.3 is 17.9 Å². The predicted octanol–water partition coefficient (Wildman–Crippen LogP) is 13.2. The van der Waals surface area contributed by atoms with E-state index in [1.807, 2.05) is 99.2 Å². The Hall–Kier alpha value is -14.7. The largest absolute Gasteiger partial charge is 0.487 e. The molecule has 1 spiro atoms. The number of benzene rings is 4. The summed E-state index contributed by atoms with van der Waals surface area (Å²) in [5, 5.41) is 22.0. The van der Waals surface area contributed by atoms with E-state index in [9.17, 15) is 38.7 Å². The fraction of sp³-hybridized carbons (Fsp3) is 0.410. The summed E-state index contributed by atoms with van der Waals surface area (Å²) in [5.41, 5.74) is 2.46. The Morgan fingerprint density at radius 1 is 0.399 bits per heavy atom. The number of carbonyl (C=O) groups is 7. The van der Waals surface area contributed by atoms with Crippen LogP contribution in [-0.2, 0) is 61.8 Å². The van der Waals surface area contributed by atoms with Crippen LogP contribution in [0.2, 0.25) is 0 Å². The molecule has 12 aromatic rings. The first-order valence-electron chi connectivity index (χ1n) is 45.6. The number of hydrogen-bond donors (Lipinski definition) is 5. The fourth-order valence-corrected chi connectivity index (χ4v) is 19.7. The lowest BCUT2D eigenvalue weighted by Crippen LogP contribution is -2.46. The summed E-state index contributed by atoms with van der Waals surface area (Å²) in [4.78, 5) is 136. The number of aliphatic hydroxyl groups is 1. The maximum atomic E-state index is 12.6. The summed E-state index contributed by atoms with van der Waals surface area (Å²) in [6, 6.07) is 35.6. The SMILES string of the molecule is C#C[C@]1(CC)OC(OC(C)=O)[C@@H](OC(C)=O)C1C.C#C[C@]1(CC)O[C@@H](n2cnc3c(NC(=O)c4ccccc4)ncnc32)[C@@H](O)C1C.C#C[C@]1(CC)O[C@@H](n2cnc3c(NC(=O)c4ccccc4)ncnc32)[C@@H](OC(C)=O)C1C.C=C1O[C@H]2C(C)[C@@]1(CC)O[C@H]2n1cnc2c(NC(=O)c3ccccc3)ncnc21.CC[C@]12O[C@@H](n3cnc4c(NC(=O)c5ccccc5)ncnc43)[C@@H](OC13CC3)C2C. The van der Waals surface area contributed by atoms with E-state index in [2.05, 4.69) is 133 Å². The minimum absolute atomic E-state index is 0.0397. The molecule has 1 aliphatic carbocycles. The van der Waals surface area contributed by atoms with E-state index in [1.54, 1.807) is 94.6 Å². The van der Waals surface area contributed by atoms with Crippen LogP contribution in [0.15, 0.2) is 184 Å². The highest BCUT2D eigenvalue weighted by molar-refractivity contribution is 6.09. The molecule has 4 bridgehead atoms. The van der Waals surface area contributed by atoms with Crippen molar-refractivity contribution in [3.05, 3.63) is 207 Å². The van der Waals surface area contributed by atoms with Gasteiger partial charge in [0.2, 0.25) is 6.29 Å². The van der Waals surface area contributed by atoms with Gasteiger partial charge in [0, 0.05) is 72.6 Å². The first kappa shape index (κ1) is 96.4. The first-order valence-corrected chi connectivity index (χ1v) is 45.6. The topological polar surface area (TPSA) is 455 Å². The average molecular weight is 1880 g/mol. The second-order valence-corrected chi connectivity index (χ2v) is 34.9. The van der Waals surface area contributed by atoms with Crippen molar-refractivity contribution < 1.29 is 86.0 Å². The Labute approximate surface area is 794 Å². The number of aliphatic hydroxyl groups excluding tert-OH is 1. The molecule has 8 aromatic heterocycles. The summed E-state index contributed by atoms with van der Waals surface area (Å²) in [7, 11) is 0. The van der Waals surface area contributed by atoms with Gasteiger partial charge < -0.3 is 73.7 Å². The summed E-state index contributed by atoms with van der Waals surface area (Å²) < 4.78 is 66.5. The van der Waals surface area contributed by atoms with Gasteiger partial charge in [0.15, 0.2) is 105 Å². The van der Waals surface area contributed by atoms with Crippen LogP contribution in [0, 0.1) is 66.6 Å². The monoisotopic (exact) mass is 1870 g/mol. The van der Waals surface area contributed by atoms with Gasteiger partial charge in [-0.05, 0) is 93.5 Å². The van der Waals surface area contributed by atoms with E-state index in [0.717, 1.165) is 25.7 Å². The number of ether oxygens (including phenoxy) is 10. The van der Waals surface area contributed by atoms with Crippen LogP contribution in [0.3, 0.4) is 0 Å². The quantitative estimate of drug-likeness (QED) is 0.0269. The third-order valence-corrected chi connectivity index (χ3v) is 27.7. The van der Waals surface area contributed by atoms with E-state index in [1.165, 1.54) is 58.7 Å². The molecular weight excluding hydrogens is 1770 g/mol. The highest BCUT2D eigenvalue weighted by Gasteiger charge is 2.76. The maximum absolute atomic E-state index is 12.6. The average Bonchev–Trinajstić information content (AvgIpc) is 1.50. The smallest absolute Gasteiger partial charge is 0.305 e. The van der Waals surface area contributed by atoms with Crippen molar-refractivity contribution >= 4 is 109 Å². The fourth-order valence-electron chi connectivity index (χ4n) is 19.7. The summed E-state index contributed by atoms with van der Waals surface area (Å²) in [5.74, 6) is 7.15. The highest BCUT2D eigenvalue weighted by atomic mass is 16.7. The van der Waals surface area contributed by atoms with Crippen molar-refractivity contribution in [3.8, 4) is 37.0 Å². The molecule has 5 N–H and O–H groups in total.